The molecule has 2 aliphatic rings. The van der Waals surface area contributed by atoms with E-state index in [9.17, 15) is 4.79 Å². The van der Waals surface area contributed by atoms with E-state index in [0.717, 1.165) is 12.1 Å². The molecule has 0 saturated carbocycles. The fraction of sp³-hybridized carbons (Fsp3) is 0.375. The monoisotopic (exact) mass is 360 g/mol. The summed E-state index contributed by atoms with van der Waals surface area (Å²) < 4.78 is 0. The van der Waals surface area contributed by atoms with Gasteiger partial charge in [0, 0.05) is 24.1 Å². The van der Waals surface area contributed by atoms with Crippen LogP contribution in [0.1, 0.15) is 56.7 Å². The molecular weight excluding hydrogens is 332 g/mol. The maximum Gasteiger partial charge on any atom is 0.223 e. The van der Waals surface area contributed by atoms with E-state index in [1.807, 2.05) is 0 Å². The number of rotatable bonds is 3. The topological polar surface area (TPSA) is 32.3 Å². The van der Waals surface area contributed by atoms with Crippen LogP contribution in [0, 0.1) is 0 Å². The minimum atomic E-state index is -0.539. The van der Waals surface area contributed by atoms with Crippen molar-refractivity contribution in [2.24, 2.45) is 0 Å². The lowest BCUT2D eigenvalue weighted by Gasteiger charge is -2.49. The molecule has 0 aromatic heterocycles. The highest BCUT2D eigenvalue weighted by Gasteiger charge is 2.57. The van der Waals surface area contributed by atoms with Crippen molar-refractivity contribution in [2.75, 3.05) is 11.4 Å². The Balaban J connectivity index is 1.77. The predicted octanol–water partition coefficient (Wildman–Crippen LogP) is 4.84. The van der Waals surface area contributed by atoms with Gasteiger partial charge in [0.05, 0.1) is 0 Å². The highest BCUT2D eigenvalue weighted by atomic mass is 16.2. The molecule has 2 aromatic rings. The zero-order valence-electron chi connectivity index (χ0n) is 16.6. The van der Waals surface area contributed by atoms with Gasteiger partial charge in [-0.2, -0.15) is 0 Å². The Morgan fingerprint density at radius 1 is 1.07 bits per heavy atom. The van der Waals surface area contributed by atoms with Crippen LogP contribution in [0.25, 0.3) is 6.08 Å². The van der Waals surface area contributed by atoms with Crippen LogP contribution in [0.5, 0.6) is 0 Å². The third-order valence-electron chi connectivity index (χ3n) is 6.26. The summed E-state index contributed by atoms with van der Waals surface area (Å²) in [6.45, 7) is 9.60. The Hall–Kier alpha value is -2.55. The number of hydrogen-bond acceptors (Lipinski definition) is 2. The van der Waals surface area contributed by atoms with E-state index >= 15 is 0 Å². The van der Waals surface area contributed by atoms with Crippen molar-refractivity contribution in [2.45, 2.75) is 51.1 Å². The number of carbonyl (C=O) groups excluding carboxylic acids is 1. The average Bonchev–Trinajstić information content (AvgIpc) is 2.85. The molecule has 2 aromatic carbocycles. The molecule has 2 aliphatic heterocycles. The lowest BCUT2D eigenvalue weighted by atomic mass is 9.74. The SMILES string of the molecule is CC(C)c1ccc(/C=C/C23NC(=O)CCN2c2ccccc2C3(C)C)cc1. The molecule has 1 N–H and O–H groups in total. The third-order valence-corrected chi connectivity index (χ3v) is 6.26. The molecule has 27 heavy (non-hydrogen) atoms. The number of para-hydroxylation sites is 1. The summed E-state index contributed by atoms with van der Waals surface area (Å²) in [5.74, 6) is 0.643. The fourth-order valence-corrected chi connectivity index (χ4v) is 4.53. The van der Waals surface area contributed by atoms with Crippen LogP contribution in [0.2, 0.25) is 0 Å². The van der Waals surface area contributed by atoms with Gasteiger partial charge in [-0.15, -0.1) is 0 Å². The van der Waals surface area contributed by atoms with Gasteiger partial charge in [-0.05, 0) is 34.8 Å². The van der Waals surface area contributed by atoms with Crippen LogP contribution in [0.4, 0.5) is 5.69 Å². The van der Waals surface area contributed by atoms with Crippen molar-refractivity contribution in [3.05, 3.63) is 71.3 Å². The van der Waals surface area contributed by atoms with Crippen LogP contribution >= 0.6 is 0 Å². The maximum atomic E-state index is 12.4. The minimum Gasteiger partial charge on any atom is -0.344 e. The Morgan fingerprint density at radius 2 is 1.78 bits per heavy atom. The summed E-state index contributed by atoms with van der Waals surface area (Å²) >= 11 is 0. The molecule has 0 spiro atoms. The first kappa shape index (κ1) is 17.8. The van der Waals surface area contributed by atoms with Gasteiger partial charge in [0.15, 0.2) is 0 Å². The van der Waals surface area contributed by atoms with Crippen LogP contribution in [-0.2, 0) is 10.2 Å². The summed E-state index contributed by atoms with van der Waals surface area (Å²) in [6.07, 6.45) is 4.87. The van der Waals surface area contributed by atoms with Gasteiger partial charge in [0.1, 0.15) is 5.66 Å². The maximum absolute atomic E-state index is 12.4. The van der Waals surface area contributed by atoms with Gasteiger partial charge in [-0.1, -0.05) is 76.2 Å². The first-order valence-corrected chi connectivity index (χ1v) is 9.82. The second kappa shape index (κ2) is 6.26. The van der Waals surface area contributed by atoms with Gasteiger partial charge < -0.3 is 10.2 Å². The largest absolute Gasteiger partial charge is 0.344 e. The molecule has 1 saturated heterocycles. The molecular formula is C24H28N2O. The highest BCUT2D eigenvalue weighted by molar-refractivity contribution is 5.84. The zero-order valence-corrected chi connectivity index (χ0v) is 16.6. The number of anilines is 1. The third kappa shape index (κ3) is 2.68. The summed E-state index contributed by atoms with van der Waals surface area (Å²) in [5, 5.41) is 3.33. The second-order valence-corrected chi connectivity index (χ2v) is 8.51. The molecule has 140 valence electrons. The molecule has 1 fully saturated rings. The number of nitrogens with one attached hydrogen (secondary N) is 1. The van der Waals surface area contributed by atoms with Crippen molar-refractivity contribution in [3.8, 4) is 0 Å². The minimum absolute atomic E-state index is 0.118. The molecule has 3 heteroatoms. The summed E-state index contributed by atoms with van der Waals surface area (Å²) in [6, 6.07) is 17.2. The van der Waals surface area contributed by atoms with Crippen molar-refractivity contribution in [1.82, 2.24) is 5.32 Å². The Morgan fingerprint density at radius 3 is 2.48 bits per heavy atom. The van der Waals surface area contributed by atoms with E-state index in [-0.39, 0.29) is 11.3 Å². The zero-order chi connectivity index (χ0) is 19.2. The summed E-state index contributed by atoms with van der Waals surface area (Å²) in [4.78, 5) is 14.8. The van der Waals surface area contributed by atoms with E-state index in [4.69, 9.17) is 0 Å². The average molecular weight is 361 g/mol. The molecule has 0 bridgehead atoms. The summed E-state index contributed by atoms with van der Waals surface area (Å²) in [7, 11) is 0. The number of nitrogens with zero attached hydrogens (tertiary/aromatic N) is 1. The molecule has 1 amide bonds. The highest BCUT2D eigenvalue weighted by Crippen LogP contribution is 2.52. The van der Waals surface area contributed by atoms with Gasteiger partial charge in [-0.25, -0.2) is 0 Å². The van der Waals surface area contributed by atoms with Gasteiger partial charge in [0.25, 0.3) is 0 Å². The number of hydrogen-bond donors (Lipinski definition) is 1. The standard InChI is InChI=1S/C24H28N2O/c1-17(2)19-11-9-18(10-12-19)13-15-24-23(3,4)20-7-5-6-8-21(20)26(24)16-14-22(27)25-24/h5-13,15,17H,14,16H2,1-4H3,(H,25,27)/b15-13+. The lowest BCUT2D eigenvalue weighted by molar-refractivity contribution is -0.124. The van der Waals surface area contributed by atoms with E-state index < -0.39 is 5.66 Å². The Bertz CT molecular complexity index is 895. The first-order chi connectivity index (χ1) is 12.8. The Kier molecular flexibility index (Phi) is 4.14. The van der Waals surface area contributed by atoms with Crippen LogP contribution < -0.4 is 10.2 Å². The van der Waals surface area contributed by atoms with Gasteiger partial charge >= 0.3 is 0 Å². The van der Waals surface area contributed by atoms with Gasteiger partial charge in [0.2, 0.25) is 5.91 Å². The number of fused-ring (bicyclic) bond motifs is 3. The van der Waals surface area contributed by atoms with E-state index in [2.05, 4.69) is 98.6 Å². The number of benzene rings is 2. The van der Waals surface area contributed by atoms with Crippen molar-refractivity contribution in [1.29, 1.82) is 0 Å². The molecule has 1 unspecified atom stereocenters. The predicted molar refractivity (Wildman–Crippen MR) is 112 cm³/mol. The van der Waals surface area contributed by atoms with Crippen LogP contribution in [0.3, 0.4) is 0 Å². The van der Waals surface area contributed by atoms with Crippen molar-refractivity contribution in [3.63, 3.8) is 0 Å². The second-order valence-electron chi connectivity index (χ2n) is 8.51. The van der Waals surface area contributed by atoms with Gasteiger partial charge in [-0.3, -0.25) is 4.79 Å². The summed E-state index contributed by atoms with van der Waals surface area (Å²) in [5.41, 5.74) is 4.23. The smallest absolute Gasteiger partial charge is 0.223 e. The molecule has 4 rings (SSSR count). The van der Waals surface area contributed by atoms with Crippen LogP contribution in [0.15, 0.2) is 54.6 Å². The quantitative estimate of drug-likeness (QED) is 0.850. The molecule has 0 radical (unpaired) electrons. The van der Waals surface area contributed by atoms with E-state index in [1.54, 1.807) is 0 Å². The van der Waals surface area contributed by atoms with Crippen molar-refractivity contribution < 1.29 is 4.79 Å². The van der Waals surface area contributed by atoms with Crippen molar-refractivity contribution >= 4 is 17.7 Å². The molecule has 1 atom stereocenters. The number of carbonyl (C=O) groups is 1. The molecule has 0 aliphatic carbocycles. The Labute approximate surface area is 162 Å². The first-order valence-electron chi connectivity index (χ1n) is 9.82. The van der Waals surface area contributed by atoms with E-state index in [0.29, 0.717) is 12.3 Å². The molecule has 2 heterocycles. The van der Waals surface area contributed by atoms with E-state index in [1.165, 1.54) is 16.8 Å². The fourth-order valence-electron chi connectivity index (χ4n) is 4.53. The number of amides is 1. The normalized spacial score (nSPS) is 23.4. The molecule has 3 nitrogen and oxygen atoms in total. The lowest BCUT2D eigenvalue weighted by Crippen LogP contribution is -2.68. The van der Waals surface area contributed by atoms with Crippen LogP contribution in [-0.4, -0.2) is 18.1 Å².